The number of ether oxygens (including phenoxy) is 1. The van der Waals surface area contributed by atoms with E-state index < -0.39 is 5.92 Å². The van der Waals surface area contributed by atoms with E-state index in [1.165, 1.54) is 7.11 Å². The van der Waals surface area contributed by atoms with Crippen molar-refractivity contribution in [2.75, 3.05) is 13.7 Å². The molecule has 1 aliphatic carbocycles. The van der Waals surface area contributed by atoms with Crippen LogP contribution in [0.25, 0.3) is 10.9 Å². The van der Waals surface area contributed by atoms with Crippen molar-refractivity contribution in [1.29, 1.82) is 0 Å². The van der Waals surface area contributed by atoms with Gasteiger partial charge in [-0.05, 0) is 30.5 Å². The van der Waals surface area contributed by atoms with Crippen molar-refractivity contribution in [3.05, 3.63) is 76.3 Å². The van der Waals surface area contributed by atoms with Gasteiger partial charge in [-0.15, -0.1) is 0 Å². The van der Waals surface area contributed by atoms with Gasteiger partial charge in [-0.25, -0.2) is 4.98 Å². The van der Waals surface area contributed by atoms with Gasteiger partial charge in [0.1, 0.15) is 5.82 Å². The third kappa shape index (κ3) is 5.30. The lowest BCUT2D eigenvalue weighted by molar-refractivity contribution is -0.146. The molecule has 1 fully saturated rings. The Kier molecular flexibility index (Phi) is 6.87. The fourth-order valence-electron chi connectivity index (χ4n) is 4.12. The topological polar surface area (TPSA) is 81.5 Å². The van der Waals surface area contributed by atoms with Crippen molar-refractivity contribution in [2.45, 2.75) is 45.2 Å². The summed E-state index contributed by atoms with van der Waals surface area (Å²) in [6.07, 6.45) is 2.49. The largest absolute Gasteiger partial charge is 0.469 e. The van der Waals surface area contributed by atoms with E-state index in [9.17, 15) is 14.4 Å². The van der Waals surface area contributed by atoms with Crippen molar-refractivity contribution in [1.82, 2.24) is 14.5 Å². The number of nitrogens with zero attached hydrogens (tertiary/aromatic N) is 3. The maximum atomic E-state index is 13.3. The van der Waals surface area contributed by atoms with Gasteiger partial charge < -0.3 is 9.64 Å². The van der Waals surface area contributed by atoms with E-state index in [0.29, 0.717) is 29.7 Å². The number of aromatic nitrogens is 2. The van der Waals surface area contributed by atoms with Crippen LogP contribution in [0.4, 0.5) is 0 Å². The van der Waals surface area contributed by atoms with Crippen LogP contribution in [0.2, 0.25) is 0 Å². The van der Waals surface area contributed by atoms with Gasteiger partial charge in [-0.3, -0.25) is 19.0 Å². The summed E-state index contributed by atoms with van der Waals surface area (Å²) in [4.78, 5) is 44.8. The van der Waals surface area contributed by atoms with E-state index in [4.69, 9.17) is 9.72 Å². The number of methoxy groups -OCH3 is 1. The number of para-hydroxylation sites is 1. The highest BCUT2D eigenvalue weighted by Gasteiger charge is 2.29. The Morgan fingerprint density at radius 3 is 2.52 bits per heavy atom. The van der Waals surface area contributed by atoms with E-state index in [-0.39, 0.29) is 36.4 Å². The molecule has 2 aromatic carbocycles. The van der Waals surface area contributed by atoms with Crippen LogP contribution in [-0.2, 0) is 27.3 Å². The van der Waals surface area contributed by atoms with Gasteiger partial charge in [0.25, 0.3) is 5.56 Å². The van der Waals surface area contributed by atoms with Gasteiger partial charge in [0.2, 0.25) is 5.91 Å². The van der Waals surface area contributed by atoms with E-state index in [1.807, 2.05) is 48.5 Å². The van der Waals surface area contributed by atoms with Crippen LogP contribution in [0.3, 0.4) is 0 Å². The maximum Gasteiger partial charge on any atom is 0.310 e. The Labute approximate surface area is 193 Å². The number of esters is 1. The summed E-state index contributed by atoms with van der Waals surface area (Å²) in [5.41, 5.74) is 1.61. The lowest BCUT2D eigenvalue weighted by Crippen LogP contribution is -2.37. The molecular formula is C26H29N3O4. The molecule has 0 bridgehead atoms. The van der Waals surface area contributed by atoms with Gasteiger partial charge in [0.15, 0.2) is 0 Å². The number of fused-ring (bicyclic) bond motifs is 1. The molecule has 1 aliphatic rings. The molecule has 3 aromatic rings. The number of amides is 1. The molecule has 1 aromatic heterocycles. The van der Waals surface area contributed by atoms with Crippen LogP contribution in [0.15, 0.2) is 59.4 Å². The number of aryl methyl sites for hydroxylation is 1. The lowest BCUT2D eigenvalue weighted by atomic mass is 10.1. The number of carbonyl (C=O) groups is 2. The first-order chi connectivity index (χ1) is 16.0. The molecule has 0 N–H and O–H groups in total. The van der Waals surface area contributed by atoms with Crippen LogP contribution in [0.1, 0.15) is 43.6 Å². The first-order valence-corrected chi connectivity index (χ1v) is 11.4. The predicted molar refractivity (Wildman–Crippen MR) is 126 cm³/mol. The van der Waals surface area contributed by atoms with E-state index in [0.717, 1.165) is 18.4 Å². The van der Waals surface area contributed by atoms with Crippen molar-refractivity contribution in [2.24, 2.45) is 5.92 Å². The first kappa shape index (κ1) is 22.7. The van der Waals surface area contributed by atoms with Gasteiger partial charge in [-0.2, -0.15) is 0 Å². The molecule has 4 rings (SSSR count). The maximum absolute atomic E-state index is 13.3. The Bertz CT molecular complexity index is 1200. The number of hydrogen-bond acceptors (Lipinski definition) is 5. The molecule has 7 heteroatoms. The minimum atomic E-state index is -0.439. The Balaban J connectivity index is 1.55. The van der Waals surface area contributed by atoms with Crippen molar-refractivity contribution >= 4 is 22.8 Å². The summed E-state index contributed by atoms with van der Waals surface area (Å²) in [6.45, 7) is 2.43. The standard InChI is InChI=1S/C26H29N3O4/c1-18(26(32)33-2)16-28(17-19-8-4-3-5-9-19)24(30)15-14-23-27-22-11-7-6-10-21(22)25(31)29(23)20-12-13-20/h3-11,18,20H,12-17H2,1-2H3. The summed E-state index contributed by atoms with van der Waals surface area (Å²) < 4.78 is 6.62. The molecule has 1 amide bonds. The van der Waals surface area contributed by atoms with Crippen LogP contribution >= 0.6 is 0 Å². The Morgan fingerprint density at radius 2 is 1.82 bits per heavy atom. The normalized spacial score (nSPS) is 14.1. The zero-order chi connectivity index (χ0) is 23.4. The van der Waals surface area contributed by atoms with Gasteiger partial charge in [0.05, 0.1) is 23.9 Å². The zero-order valence-corrected chi connectivity index (χ0v) is 19.1. The highest BCUT2D eigenvalue weighted by Crippen LogP contribution is 2.35. The quantitative estimate of drug-likeness (QED) is 0.469. The predicted octanol–water partition coefficient (Wildman–Crippen LogP) is 3.50. The molecule has 33 heavy (non-hydrogen) atoms. The van der Waals surface area contributed by atoms with Crippen LogP contribution < -0.4 is 5.56 Å². The van der Waals surface area contributed by atoms with Crippen molar-refractivity contribution in [3.8, 4) is 0 Å². The van der Waals surface area contributed by atoms with Gasteiger partial charge in [-0.1, -0.05) is 49.4 Å². The summed E-state index contributed by atoms with van der Waals surface area (Å²) >= 11 is 0. The molecule has 0 aliphatic heterocycles. The zero-order valence-electron chi connectivity index (χ0n) is 19.1. The molecule has 0 radical (unpaired) electrons. The second-order valence-corrected chi connectivity index (χ2v) is 8.64. The molecule has 7 nitrogen and oxygen atoms in total. The second-order valence-electron chi connectivity index (χ2n) is 8.64. The van der Waals surface area contributed by atoms with Crippen molar-refractivity contribution in [3.63, 3.8) is 0 Å². The number of hydrogen-bond donors (Lipinski definition) is 0. The Morgan fingerprint density at radius 1 is 1.12 bits per heavy atom. The summed E-state index contributed by atoms with van der Waals surface area (Å²) in [5, 5.41) is 0.608. The molecule has 1 unspecified atom stereocenters. The summed E-state index contributed by atoms with van der Waals surface area (Å²) in [6, 6.07) is 17.2. The van der Waals surface area contributed by atoms with E-state index in [1.54, 1.807) is 22.5 Å². The highest BCUT2D eigenvalue weighted by atomic mass is 16.5. The van der Waals surface area contributed by atoms with Gasteiger partial charge in [0, 0.05) is 32.0 Å². The second kappa shape index (κ2) is 9.98. The number of benzene rings is 2. The minimum Gasteiger partial charge on any atom is -0.469 e. The fourth-order valence-corrected chi connectivity index (χ4v) is 4.12. The third-order valence-electron chi connectivity index (χ3n) is 6.02. The van der Waals surface area contributed by atoms with Crippen LogP contribution in [0.5, 0.6) is 0 Å². The number of carbonyl (C=O) groups excluding carboxylic acids is 2. The highest BCUT2D eigenvalue weighted by molar-refractivity contribution is 5.79. The van der Waals surface area contributed by atoms with Crippen molar-refractivity contribution < 1.29 is 14.3 Å². The monoisotopic (exact) mass is 447 g/mol. The smallest absolute Gasteiger partial charge is 0.310 e. The summed E-state index contributed by atoms with van der Waals surface area (Å²) in [7, 11) is 1.35. The average Bonchev–Trinajstić information content (AvgIpc) is 3.67. The van der Waals surface area contributed by atoms with Crippen LogP contribution in [0, 0.1) is 5.92 Å². The molecule has 0 spiro atoms. The average molecular weight is 448 g/mol. The van der Waals surface area contributed by atoms with Gasteiger partial charge >= 0.3 is 5.97 Å². The first-order valence-electron chi connectivity index (χ1n) is 11.4. The SMILES string of the molecule is COC(=O)C(C)CN(Cc1ccccc1)C(=O)CCc1nc2ccccc2c(=O)n1C1CC1. The molecule has 1 atom stereocenters. The summed E-state index contributed by atoms with van der Waals surface area (Å²) in [5.74, 6) is -0.222. The molecule has 1 heterocycles. The molecule has 0 saturated heterocycles. The fraction of sp³-hybridized carbons (Fsp3) is 0.385. The van der Waals surface area contributed by atoms with E-state index in [2.05, 4.69) is 0 Å². The minimum absolute atomic E-state index is 0.0361. The number of rotatable bonds is 9. The van der Waals surface area contributed by atoms with Crippen LogP contribution in [-0.4, -0.2) is 40.0 Å². The lowest BCUT2D eigenvalue weighted by Gasteiger charge is -2.25. The Hall–Kier alpha value is -3.48. The third-order valence-corrected chi connectivity index (χ3v) is 6.02. The molecular weight excluding hydrogens is 418 g/mol. The molecule has 172 valence electrons. The molecule has 1 saturated carbocycles. The van der Waals surface area contributed by atoms with E-state index >= 15 is 0 Å².